The average molecular weight is 305 g/mol. The van der Waals surface area contributed by atoms with E-state index in [4.69, 9.17) is 0 Å². The summed E-state index contributed by atoms with van der Waals surface area (Å²) >= 11 is 0. The van der Waals surface area contributed by atoms with E-state index < -0.39 is 15.6 Å². The molecule has 0 saturated carbocycles. The molecule has 0 fully saturated rings. The van der Waals surface area contributed by atoms with Crippen molar-refractivity contribution in [2.24, 2.45) is 0 Å². The molecule has 0 saturated heterocycles. The van der Waals surface area contributed by atoms with Crippen molar-refractivity contribution in [3.63, 3.8) is 0 Å². The maximum Gasteiger partial charge on any atom is 0.240 e. The van der Waals surface area contributed by atoms with E-state index in [9.17, 15) is 13.5 Å². The van der Waals surface area contributed by atoms with Crippen molar-refractivity contribution in [1.82, 2.24) is 4.72 Å². The van der Waals surface area contributed by atoms with Gasteiger partial charge in [0.15, 0.2) is 0 Å². The molecule has 4 nitrogen and oxygen atoms in total. The lowest BCUT2D eigenvalue weighted by Gasteiger charge is -2.24. The Labute approximate surface area is 125 Å². The average Bonchev–Trinajstić information content (AvgIpc) is 2.46. The number of benzene rings is 2. The Bertz CT molecular complexity index is 709. The third-order valence-electron chi connectivity index (χ3n) is 3.30. The summed E-state index contributed by atoms with van der Waals surface area (Å²) in [4.78, 5) is 0.200. The normalized spacial score (nSPS) is 14.6. The van der Waals surface area contributed by atoms with Gasteiger partial charge in [0.1, 0.15) is 5.60 Å². The van der Waals surface area contributed by atoms with Gasteiger partial charge in [-0.2, -0.15) is 0 Å². The number of aliphatic hydroxyl groups is 1. The highest BCUT2D eigenvalue weighted by molar-refractivity contribution is 7.89. The van der Waals surface area contributed by atoms with Gasteiger partial charge in [-0.25, -0.2) is 13.1 Å². The van der Waals surface area contributed by atoms with Gasteiger partial charge in [-0.3, -0.25) is 0 Å². The first-order chi connectivity index (χ1) is 9.81. The molecule has 0 bridgehead atoms. The van der Waals surface area contributed by atoms with Gasteiger partial charge in [0, 0.05) is 6.54 Å². The van der Waals surface area contributed by atoms with E-state index in [1.807, 2.05) is 19.1 Å². The fraction of sp³-hybridized carbons (Fsp3) is 0.250. The number of rotatable bonds is 5. The van der Waals surface area contributed by atoms with Crippen LogP contribution in [-0.4, -0.2) is 20.1 Å². The topological polar surface area (TPSA) is 66.4 Å². The second kappa shape index (κ2) is 5.97. The highest BCUT2D eigenvalue weighted by Gasteiger charge is 2.25. The molecule has 1 atom stereocenters. The van der Waals surface area contributed by atoms with Gasteiger partial charge in [0.05, 0.1) is 4.90 Å². The van der Waals surface area contributed by atoms with E-state index in [2.05, 4.69) is 4.72 Å². The maximum absolute atomic E-state index is 12.2. The Morgan fingerprint density at radius 3 is 2.38 bits per heavy atom. The van der Waals surface area contributed by atoms with Crippen LogP contribution in [0, 0.1) is 6.92 Å². The maximum atomic E-state index is 12.2. The molecule has 0 aromatic heterocycles. The SMILES string of the molecule is Cc1cccc(S(=O)(=O)NCC(C)(O)c2ccccc2)c1. The second-order valence-electron chi connectivity index (χ2n) is 5.28. The first-order valence-corrected chi connectivity index (χ1v) is 8.14. The van der Waals surface area contributed by atoms with Crippen molar-refractivity contribution in [3.05, 3.63) is 65.7 Å². The van der Waals surface area contributed by atoms with Crippen LogP contribution in [0.1, 0.15) is 18.1 Å². The molecule has 0 amide bonds. The summed E-state index contributed by atoms with van der Waals surface area (Å²) in [7, 11) is -3.63. The van der Waals surface area contributed by atoms with Crippen molar-refractivity contribution in [3.8, 4) is 0 Å². The lowest BCUT2D eigenvalue weighted by molar-refractivity contribution is 0.0627. The van der Waals surface area contributed by atoms with Crippen LogP contribution < -0.4 is 4.72 Å². The van der Waals surface area contributed by atoms with Crippen molar-refractivity contribution in [2.45, 2.75) is 24.3 Å². The van der Waals surface area contributed by atoms with E-state index in [1.54, 1.807) is 43.3 Å². The molecule has 0 spiro atoms. The molecule has 0 aliphatic heterocycles. The molecule has 0 heterocycles. The van der Waals surface area contributed by atoms with Gasteiger partial charge in [0.25, 0.3) is 0 Å². The number of hydrogen-bond acceptors (Lipinski definition) is 3. The van der Waals surface area contributed by atoms with Crippen molar-refractivity contribution in [2.75, 3.05) is 6.54 Å². The fourth-order valence-electron chi connectivity index (χ4n) is 2.00. The number of sulfonamides is 1. The summed E-state index contributed by atoms with van der Waals surface area (Å²) in [6.45, 7) is 3.33. The molecule has 112 valence electrons. The molecule has 2 N–H and O–H groups in total. The molecule has 2 rings (SSSR count). The lowest BCUT2D eigenvalue weighted by Crippen LogP contribution is -2.38. The smallest absolute Gasteiger partial charge is 0.240 e. The van der Waals surface area contributed by atoms with Crippen LogP contribution in [0.5, 0.6) is 0 Å². The Morgan fingerprint density at radius 2 is 1.76 bits per heavy atom. The molecule has 0 aliphatic rings. The van der Waals surface area contributed by atoms with E-state index >= 15 is 0 Å². The Kier molecular flexibility index (Phi) is 4.46. The number of aryl methyl sites for hydroxylation is 1. The first kappa shape index (κ1) is 15.7. The monoisotopic (exact) mass is 305 g/mol. The molecule has 5 heteroatoms. The lowest BCUT2D eigenvalue weighted by atomic mass is 9.97. The van der Waals surface area contributed by atoms with Gasteiger partial charge in [-0.15, -0.1) is 0 Å². The molecular weight excluding hydrogens is 286 g/mol. The van der Waals surface area contributed by atoms with Crippen molar-refractivity contribution in [1.29, 1.82) is 0 Å². The molecular formula is C16H19NO3S. The minimum atomic E-state index is -3.63. The summed E-state index contributed by atoms with van der Waals surface area (Å²) in [6, 6.07) is 15.6. The molecule has 21 heavy (non-hydrogen) atoms. The van der Waals surface area contributed by atoms with Crippen molar-refractivity contribution >= 4 is 10.0 Å². The summed E-state index contributed by atoms with van der Waals surface area (Å²) < 4.78 is 26.9. The van der Waals surface area contributed by atoms with Gasteiger partial charge >= 0.3 is 0 Å². The molecule has 2 aromatic carbocycles. The number of hydrogen-bond donors (Lipinski definition) is 2. The molecule has 0 radical (unpaired) electrons. The zero-order valence-electron chi connectivity index (χ0n) is 12.1. The molecule has 1 unspecified atom stereocenters. The summed E-state index contributed by atoms with van der Waals surface area (Å²) in [6.07, 6.45) is 0. The minimum Gasteiger partial charge on any atom is -0.384 e. The van der Waals surface area contributed by atoms with Crippen LogP contribution >= 0.6 is 0 Å². The van der Waals surface area contributed by atoms with Gasteiger partial charge < -0.3 is 5.11 Å². The van der Waals surface area contributed by atoms with Gasteiger partial charge in [-0.1, -0.05) is 42.5 Å². The van der Waals surface area contributed by atoms with Crippen LogP contribution in [0.2, 0.25) is 0 Å². The van der Waals surface area contributed by atoms with Crippen LogP contribution in [-0.2, 0) is 15.6 Å². The molecule has 0 aliphatic carbocycles. The van der Waals surface area contributed by atoms with Crippen LogP contribution in [0.4, 0.5) is 0 Å². The van der Waals surface area contributed by atoms with Gasteiger partial charge in [0.2, 0.25) is 10.0 Å². The standard InChI is InChI=1S/C16H19NO3S/c1-13-7-6-10-15(11-13)21(19,20)17-12-16(2,18)14-8-4-3-5-9-14/h3-11,17-18H,12H2,1-2H3. The third kappa shape index (κ3) is 3.91. The number of nitrogens with one attached hydrogen (secondary N) is 1. The van der Waals surface area contributed by atoms with Gasteiger partial charge in [-0.05, 0) is 37.1 Å². The summed E-state index contributed by atoms with van der Waals surface area (Å²) in [5.41, 5.74) is 0.266. The Hall–Kier alpha value is -1.69. The summed E-state index contributed by atoms with van der Waals surface area (Å²) in [5.74, 6) is 0. The first-order valence-electron chi connectivity index (χ1n) is 6.65. The highest BCUT2D eigenvalue weighted by Crippen LogP contribution is 2.20. The van der Waals surface area contributed by atoms with Crippen LogP contribution in [0.15, 0.2) is 59.5 Å². The van der Waals surface area contributed by atoms with E-state index in [-0.39, 0.29) is 11.4 Å². The largest absolute Gasteiger partial charge is 0.384 e. The zero-order chi connectivity index (χ0) is 15.5. The quantitative estimate of drug-likeness (QED) is 0.890. The second-order valence-corrected chi connectivity index (χ2v) is 7.05. The third-order valence-corrected chi connectivity index (χ3v) is 4.70. The van der Waals surface area contributed by atoms with Crippen LogP contribution in [0.3, 0.4) is 0 Å². The summed E-state index contributed by atoms with van der Waals surface area (Å²) in [5, 5.41) is 10.4. The van der Waals surface area contributed by atoms with Crippen molar-refractivity contribution < 1.29 is 13.5 Å². The predicted octanol–water partition coefficient (Wildman–Crippen LogP) is 2.18. The van der Waals surface area contributed by atoms with E-state index in [0.717, 1.165) is 5.56 Å². The Morgan fingerprint density at radius 1 is 1.10 bits per heavy atom. The van der Waals surface area contributed by atoms with E-state index in [1.165, 1.54) is 6.07 Å². The highest BCUT2D eigenvalue weighted by atomic mass is 32.2. The zero-order valence-corrected chi connectivity index (χ0v) is 12.9. The minimum absolute atomic E-state index is 0.0900. The Balaban J connectivity index is 2.15. The molecule has 2 aromatic rings. The fourth-order valence-corrected chi connectivity index (χ4v) is 3.24. The van der Waals surface area contributed by atoms with Crippen LogP contribution in [0.25, 0.3) is 0 Å². The van der Waals surface area contributed by atoms with E-state index in [0.29, 0.717) is 5.56 Å². The predicted molar refractivity (Wildman–Crippen MR) is 82.4 cm³/mol.